The number of ether oxygens (including phenoxy) is 2. The second-order valence-electron chi connectivity index (χ2n) is 8.44. The summed E-state index contributed by atoms with van der Waals surface area (Å²) in [6, 6.07) is 16.2. The van der Waals surface area contributed by atoms with E-state index < -0.39 is 5.41 Å². The predicted molar refractivity (Wildman–Crippen MR) is 119 cm³/mol. The summed E-state index contributed by atoms with van der Waals surface area (Å²) < 4.78 is 11.0. The highest BCUT2D eigenvalue weighted by Crippen LogP contribution is 2.37. The number of carbonyl (C=O) groups excluding carboxylic acids is 2. The van der Waals surface area contributed by atoms with Crippen LogP contribution >= 0.6 is 0 Å². The Morgan fingerprint density at radius 3 is 2.65 bits per heavy atom. The smallest absolute Gasteiger partial charge is 0.251 e. The first-order chi connectivity index (χ1) is 15.1. The average molecular weight is 423 g/mol. The zero-order valence-corrected chi connectivity index (χ0v) is 18.2. The number of benzene rings is 2. The van der Waals surface area contributed by atoms with Gasteiger partial charge in [-0.1, -0.05) is 42.5 Å². The minimum atomic E-state index is -0.616. The van der Waals surface area contributed by atoms with Gasteiger partial charge in [0.1, 0.15) is 11.9 Å². The maximum Gasteiger partial charge on any atom is 0.251 e. The first-order valence-corrected chi connectivity index (χ1v) is 10.9. The van der Waals surface area contributed by atoms with Crippen molar-refractivity contribution in [3.05, 3.63) is 54.1 Å². The van der Waals surface area contributed by atoms with Crippen molar-refractivity contribution in [3.8, 4) is 16.9 Å². The number of amides is 2. The minimum absolute atomic E-state index is 0.0102. The van der Waals surface area contributed by atoms with Crippen LogP contribution in [0.1, 0.15) is 24.8 Å². The third-order valence-electron chi connectivity index (χ3n) is 6.49. The summed E-state index contributed by atoms with van der Waals surface area (Å²) >= 11 is 0. The molecule has 1 N–H and O–H groups in total. The third-order valence-corrected chi connectivity index (χ3v) is 6.49. The van der Waals surface area contributed by atoms with Gasteiger partial charge in [0.25, 0.3) is 5.91 Å². The van der Waals surface area contributed by atoms with Crippen molar-refractivity contribution in [1.29, 1.82) is 0 Å². The van der Waals surface area contributed by atoms with Crippen LogP contribution in [0.15, 0.2) is 48.5 Å². The van der Waals surface area contributed by atoms with Gasteiger partial charge in [-0.3, -0.25) is 9.59 Å². The van der Waals surface area contributed by atoms with Gasteiger partial charge in [0.05, 0.1) is 12.5 Å². The second kappa shape index (κ2) is 9.10. The van der Waals surface area contributed by atoms with Gasteiger partial charge in [-0.25, -0.2) is 0 Å². The van der Waals surface area contributed by atoms with Gasteiger partial charge in [0, 0.05) is 32.3 Å². The Labute approximate surface area is 183 Å². The van der Waals surface area contributed by atoms with Gasteiger partial charge in [-0.2, -0.15) is 0 Å². The van der Waals surface area contributed by atoms with Crippen molar-refractivity contribution in [2.24, 2.45) is 5.41 Å². The molecule has 2 aromatic carbocycles. The van der Waals surface area contributed by atoms with E-state index in [2.05, 4.69) is 29.6 Å². The summed E-state index contributed by atoms with van der Waals surface area (Å²) in [5.41, 5.74) is 2.56. The molecule has 164 valence electrons. The van der Waals surface area contributed by atoms with Crippen molar-refractivity contribution < 1.29 is 19.1 Å². The number of nitrogens with one attached hydrogen (secondary N) is 1. The molecule has 0 unspecified atom stereocenters. The van der Waals surface area contributed by atoms with Crippen LogP contribution < -0.4 is 10.1 Å². The molecule has 2 aliphatic heterocycles. The second-order valence-corrected chi connectivity index (χ2v) is 8.44. The zero-order valence-electron chi connectivity index (χ0n) is 18.2. The van der Waals surface area contributed by atoms with E-state index in [9.17, 15) is 9.59 Å². The SMILES string of the molecule is CNC(=O)[C@@]1(Cc2ccc(-c3ccccc3OC)cc2)CCN(C(=O)[C@H]2CCCO2)C1. The maximum atomic E-state index is 12.9. The molecule has 2 fully saturated rings. The fraction of sp³-hybridized carbons (Fsp3) is 0.440. The van der Waals surface area contributed by atoms with Crippen LogP contribution in [0.3, 0.4) is 0 Å². The Hall–Kier alpha value is -2.86. The lowest BCUT2D eigenvalue weighted by atomic mass is 9.79. The lowest BCUT2D eigenvalue weighted by molar-refractivity contribution is -0.140. The van der Waals surface area contributed by atoms with Crippen LogP contribution in [0.5, 0.6) is 5.75 Å². The van der Waals surface area contributed by atoms with Gasteiger partial charge in [-0.15, -0.1) is 0 Å². The van der Waals surface area contributed by atoms with Crippen LogP contribution in [0.25, 0.3) is 11.1 Å². The molecule has 2 aromatic rings. The lowest BCUT2D eigenvalue weighted by Crippen LogP contribution is -2.45. The van der Waals surface area contributed by atoms with Crippen molar-refractivity contribution >= 4 is 11.8 Å². The summed E-state index contributed by atoms with van der Waals surface area (Å²) in [6.07, 6.45) is 2.59. The molecular weight excluding hydrogens is 392 g/mol. The fourth-order valence-electron chi connectivity index (χ4n) is 4.79. The molecule has 2 atom stereocenters. The first-order valence-electron chi connectivity index (χ1n) is 10.9. The third kappa shape index (κ3) is 4.30. The molecule has 4 rings (SSSR count). The monoisotopic (exact) mass is 422 g/mol. The molecule has 2 heterocycles. The molecule has 6 nitrogen and oxygen atoms in total. The number of hydrogen-bond donors (Lipinski definition) is 1. The molecule has 0 radical (unpaired) electrons. The number of hydrogen-bond acceptors (Lipinski definition) is 4. The molecular formula is C25H30N2O4. The topological polar surface area (TPSA) is 67.9 Å². The van der Waals surface area contributed by atoms with Crippen molar-refractivity contribution in [2.45, 2.75) is 31.8 Å². The largest absolute Gasteiger partial charge is 0.496 e. The van der Waals surface area contributed by atoms with Gasteiger partial charge in [0.15, 0.2) is 0 Å². The number of methoxy groups -OCH3 is 1. The number of para-hydroxylation sites is 1. The van der Waals surface area contributed by atoms with E-state index >= 15 is 0 Å². The minimum Gasteiger partial charge on any atom is -0.496 e. The molecule has 2 saturated heterocycles. The highest BCUT2D eigenvalue weighted by atomic mass is 16.5. The average Bonchev–Trinajstić information content (AvgIpc) is 3.50. The summed E-state index contributed by atoms with van der Waals surface area (Å²) in [6.45, 7) is 1.66. The van der Waals surface area contributed by atoms with Crippen LogP contribution in [-0.2, 0) is 20.7 Å². The number of likely N-dealkylation sites (tertiary alicyclic amines) is 1. The summed E-state index contributed by atoms with van der Waals surface area (Å²) in [5, 5.41) is 2.82. The maximum absolute atomic E-state index is 12.9. The molecule has 2 amide bonds. The molecule has 2 aliphatic rings. The summed E-state index contributed by atoms with van der Waals surface area (Å²) in [4.78, 5) is 27.5. The molecule has 0 saturated carbocycles. The van der Waals surface area contributed by atoms with Crippen LogP contribution in [0.2, 0.25) is 0 Å². The Kier molecular flexibility index (Phi) is 6.28. The predicted octanol–water partition coefficient (Wildman–Crippen LogP) is 3.05. The van der Waals surface area contributed by atoms with E-state index in [1.807, 2.05) is 29.2 Å². The van der Waals surface area contributed by atoms with E-state index in [0.29, 0.717) is 32.5 Å². The Morgan fingerprint density at radius 2 is 1.97 bits per heavy atom. The first kappa shape index (κ1) is 21.4. The molecule has 31 heavy (non-hydrogen) atoms. The molecule has 0 aromatic heterocycles. The van der Waals surface area contributed by atoms with E-state index in [-0.39, 0.29) is 17.9 Å². The Bertz CT molecular complexity index is 937. The number of rotatable bonds is 6. The highest BCUT2D eigenvalue weighted by Gasteiger charge is 2.46. The van der Waals surface area contributed by atoms with E-state index in [1.54, 1.807) is 14.2 Å². The van der Waals surface area contributed by atoms with Gasteiger partial charge < -0.3 is 19.7 Å². The quantitative estimate of drug-likeness (QED) is 0.777. The number of nitrogens with zero attached hydrogens (tertiary/aromatic N) is 1. The Balaban J connectivity index is 1.52. The lowest BCUT2D eigenvalue weighted by Gasteiger charge is -2.28. The van der Waals surface area contributed by atoms with Crippen LogP contribution in [0.4, 0.5) is 0 Å². The van der Waals surface area contributed by atoms with Crippen LogP contribution in [0, 0.1) is 5.41 Å². The number of carbonyl (C=O) groups is 2. The summed E-state index contributed by atoms with van der Waals surface area (Å²) in [5.74, 6) is 0.843. The molecule has 0 spiro atoms. The fourth-order valence-corrected chi connectivity index (χ4v) is 4.79. The van der Waals surface area contributed by atoms with Gasteiger partial charge in [0.2, 0.25) is 5.91 Å². The Morgan fingerprint density at radius 1 is 1.19 bits per heavy atom. The van der Waals surface area contributed by atoms with Crippen molar-refractivity contribution in [2.75, 3.05) is 33.9 Å². The molecule has 6 heteroatoms. The van der Waals surface area contributed by atoms with Crippen molar-refractivity contribution in [1.82, 2.24) is 10.2 Å². The zero-order chi connectivity index (χ0) is 21.8. The summed E-state index contributed by atoms with van der Waals surface area (Å²) in [7, 11) is 3.34. The molecule has 0 aliphatic carbocycles. The van der Waals surface area contributed by atoms with E-state index in [0.717, 1.165) is 35.3 Å². The van der Waals surface area contributed by atoms with E-state index in [4.69, 9.17) is 9.47 Å². The molecule has 0 bridgehead atoms. The van der Waals surface area contributed by atoms with Gasteiger partial charge >= 0.3 is 0 Å². The van der Waals surface area contributed by atoms with Gasteiger partial charge in [-0.05, 0) is 42.9 Å². The van der Waals surface area contributed by atoms with Crippen LogP contribution in [-0.4, -0.2) is 56.7 Å². The highest BCUT2D eigenvalue weighted by molar-refractivity contribution is 5.87. The standard InChI is InChI=1S/C25H30N2O4/c1-26-24(29)25(13-14-27(17-25)23(28)22-8-5-15-31-22)16-18-9-11-19(12-10-18)20-6-3-4-7-21(20)30-2/h3-4,6-7,9-12,22H,5,8,13-17H2,1-2H3,(H,26,29)/t22-,25-/m1/s1. The van der Waals surface area contributed by atoms with E-state index in [1.165, 1.54) is 0 Å². The normalized spacial score (nSPS) is 23.0. The van der Waals surface area contributed by atoms with Crippen molar-refractivity contribution in [3.63, 3.8) is 0 Å².